The molecular formula is C16H19NO6. The van der Waals surface area contributed by atoms with Gasteiger partial charge in [0.2, 0.25) is 0 Å². The average molecular weight is 321 g/mol. The first kappa shape index (κ1) is 16.8. The number of rotatable bonds is 3. The molecule has 1 fully saturated rings. The van der Waals surface area contributed by atoms with Crippen LogP contribution >= 0.6 is 0 Å². The largest absolute Gasteiger partial charge is 0.507 e. The molecule has 23 heavy (non-hydrogen) atoms. The minimum absolute atomic E-state index is 0.00782. The number of hydrogen-bond donors (Lipinski definition) is 1. The maximum absolute atomic E-state index is 12.4. The molecule has 7 nitrogen and oxygen atoms in total. The molecule has 124 valence electrons. The molecule has 1 aliphatic heterocycles. The van der Waals surface area contributed by atoms with Gasteiger partial charge in [0.25, 0.3) is 5.91 Å². The summed E-state index contributed by atoms with van der Waals surface area (Å²) >= 11 is 0. The lowest BCUT2D eigenvalue weighted by atomic mass is 9.96. The third-order valence-electron chi connectivity index (χ3n) is 3.97. The second-order valence-corrected chi connectivity index (χ2v) is 5.31. The van der Waals surface area contributed by atoms with Crippen LogP contribution in [0.2, 0.25) is 0 Å². The smallest absolute Gasteiger partial charge is 0.341 e. The molecule has 1 aromatic rings. The second-order valence-electron chi connectivity index (χ2n) is 5.31. The Bertz CT molecular complexity index is 619. The third kappa shape index (κ3) is 3.61. The number of ether oxygens (including phenoxy) is 2. The van der Waals surface area contributed by atoms with Gasteiger partial charge >= 0.3 is 11.9 Å². The summed E-state index contributed by atoms with van der Waals surface area (Å²) in [6, 6.07) is 4.08. The fourth-order valence-corrected chi connectivity index (χ4v) is 2.61. The molecule has 0 bridgehead atoms. The van der Waals surface area contributed by atoms with Crippen molar-refractivity contribution in [2.75, 3.05) is 27.3 Å². The minimum atomic E-state index is -0.666. The van der Waals surface area contributed by atoms with Crippen LogP contribution in [0.3, 0.4) is 0 Å². The van der Waals surface area contributed by atoms with Crippen molar-refractivity contribution >= 4 is 17.8 Å². The van der Waals surface area contributed by atoms with Crippen LogP contribution in [-0.2, 0) is 14.3 Å². The lowest BCUT2D eigenvalue weighted by molar-refractivity contribution is -0.146. The third-order valence-corrected chi connectivity index (χ3v) is 3.97. The van der Waals surface area contributed by atoms with Crippen LogP contribution in [-0.4, -0.2) is 55.2 Å². The molecule has 0 radical (unpaired) electrons. The molecule has 2 rings (SSSR count). The van der Waals surface area contributed by atoms with E-state index in [0.29, 0.717) is 25.9 Å². The molecule has 7 heteroatoms. The van der Waals surface area contributed by atoms with Gasteiger partial charge in [-0.05, 0) is 31.0 Å². The summed E-state index contributed by atoms with van der Waals surface area (Å²) in [4.78, 5) is 37.0. The predicted octanol–water partition coefficient (Wildman–Crippen LogP) is 1.20. The first-order chi connectivity index (χ1) is 11.0. The first-order valence-corrected chi connectivity index (χ1v) is 7.26. The Hall–Kier alpha value is -2.57. The number of phenolic OH excluding ortho intramolecular Hbond substituents is 1. The van der Waals surface area contributed by atoms with Gasteiger partial charge in [0.15, 0.2) is 0 Å². The van der Waals surface area contributed by atoms with Crippen molar-refractivity contribution in [3.8, 4) is 5.75 Å². The van der Waals surface area contributed by atoms with Crippen LogP contribution in [0.15, 0.2) is 18.2 Å². The maximum atomic E-state index is 12.4. The van der Waals surface area contributed by atoms with E-state index in [0.717, 1.165) is 0 Å². The van der Waals surface area contributed by atoms with Crippen molar-refractivity contribution in [1.29, 1.82) is 0 Å². The Balaban J connectivity index is 2.06. The number of likely N-dealkylation sites (tertiary alicyclic amines) is 1. The van der Waals surface area contributed by atoms with E-state index in [2.05, 4.69) is 4.74 Å². The van der Waals surface area contributed by atoms with E-state index in [4.69, 9.17) is 4.74 Å². The fraction of sp³-hybridized carbons (Fsp3) is 0.438. The first-order valence-electron chi connectivity index (χ1n) is 7.26. The van der Waals surface area contributed by atoms with Crippen molar-refractivity contribution in [3.63, 3.8) is 0 Å². The second kappa shape index (κ2) is 7.13. The summed E-state index contributed by atoms with van der Waals surface area (Å²) in [7, 11) is 2.57. The molecule has 0 atom stereocenters. The number of phenols is 1. The van der Waals surface area contributed by atoms with Crippen LogP contribution in [0.1, 0.15) is 33.6 Å². The number of piperidine rings is 1. The molecule has 1 N–H and O–H groups in total. The zero-order valence-corrected chi connectivity index (χ0v) is 13.1. The van der Waals surface area contributed by atoms with Crippen molar-refractivity contribution in [2.24, 2.45) is 5.92 Å². The number of nitrogens with zero attached hydrogens (tertiary/aromatic N) is 1. The van der Waals surface area contributed by atoms with Gasteiger partial charge in [-0.1, -0.05) is 0 Å². The highest BCUT2D eigenvalue weighted by Crippen LogP contribution is 2.23. The molecule has 0 spiro atoms. The summed E-state index contributed by atoms with van der Waals surface area (Å²) in [6.07, 6.45) is 1.09. The standard InChI is InChI=1S/C16H19NO6/c1-22-15(20)10-5-7-17(8-6-10)14(19)11-3-4-12(13(18)9-11)16(21)23-2/h3-4,9-10,18H,5-8H2,1-2H3. The highest BCUT2D eigenvalue weighted by molar-refractivity contribution is 5.98. The van der Waals surface area contributed by atoms with E-state index in [-0.39, 0.29) is 34.7 Å². The lowest BCUT2D eigenvalue weighted by Crippen LogP contribution is -2.40. The quantitative estimate of drug-likeness (QED) is 0.841. The number of hydrogen-bond acceptors (Lipinski definition) is 6. The molecule has 1 saturated heterocycles. The SMILES string of the molecule is COC(=O)c1ccc(C(=O)N2CCC(C(=O)OC)CC2)cc1O. The van der Waals surface area contributed by atoms with E-state index >= 15 is 0 Å². The summed E-state index contributed by atoms with van der Waals surface area (Å²) < 4.78 is 9.25. The number of amides is 1. The van der Waals surface area contributed by atoms with E-state index in [9.17, 15) is 19.5 Å². The number of benzene rings is 1. The van der Waals surface area contributed by atoms with E-state index in [1.54, 1.807) is 4.90 Å². The summed E-state index contributed by atoms with van der Waals surface area (Å²) in [5.41, 5.74) is 0.292. The van der Waals surface area contributed by atoms with Gasteiger partial charge in [-0.25, -0.2) is 4.79 Å². The Labute approximate surface area is 133 Å². The van der Waals surface area contributed by atoms with Crippen molar-refractivity contribution < 1.29 is 29.0 Å². The Kier molecular flexibility index (Phi) is 5.20. The van der Waals surface area contributed by atoms with Gasteiger partial charge in [-0.2, -0.15) is 0 Å². The summed E-state index contributed by atoms with van der Waals surface area (Å²) in [5.74, 6) is -1.65. The van der Waals surface area contributed by atoms with E-state index in [1.807, 2.05) is 0 Å². The van der Waals surface area contributed by atoms with Gasteiger partial charge in [-0.3, -0.25) is 9.59 Å². The highest BCUT2D eigenvalue weighted by atomic mass is 16.5. The minimum Gasteiger partial charge on any atom is -0.507 e. The fourth-order valence-electron chi connectivity index (χ4n) is 2.61. The van der Waals surface area contributed by atoms with Crippen LogP contribution in [0.25, 0.3) is 0 Å². The maximum Gasteiger partial charge on any atom is 0.341 e. The zero-order valence-electron chi connectivity index (χ0n) is 13.1. The van der Waals surface area contributed by atoms with Crippen LogP contribution in [0.4, 0.5) is 0 Å². The number of esters is 2. The van der Waals surface area contributed by atoms with E-state index in [1.165, 1.54) is 32.4 Å². The number of methoxy groups -OCH3 is 2. The van der Waals surface area contributed by atoms with Gasteiger partial charge < -0.3 is 19.5 Å². The van der Waals surface area contributed by atoms with Crippen molar-refractivity contribution in [3.05, 3.63) is 29.3 Å². The van der Waals surface area contributed by atoms with Crippen LogP contribution in [0.5, 0.6) is 5.75 Å². The summed E-state index contributed by atoms with van der Waals surface area (Å²) in [6.45, 7) is 0.885. The van der Waals surface area contributed by atoms with Crippen molar-refractivity contribution in [2.45, 2.75) is 12.8 Å². The molecular weight excluding hydrogens is 302 g/mol. The Morgan fingerprint density at radius 3 is 2.30 bits per heavy atom. The van der Waals surface area contributed by atoms with E-state index < -0.39 is 5.97 Å². The predicted molar refractivity (Wildman–Crippen MR) is 80.1 cm³/mol. The van der Waals surface area contributed by atoms with Gasteiger partial charge in [0, 0.05) is 18.7 Å². The van der Waals surface area contributed by atoms with Crippen LogP contribution < -0.4 is 0 Å². The molecule has 0 saturated carbocycles. The normalized spacial score (nSPS) is 15.1. The number of carbonyl (C=O) groups is 3. The molecule has 1 aliphatic rings. The van der Waals surface area contributed by atoms with Gasteiger partial charge in [0.1, 0.15) is 11.3 Å². The molecule has 1 amide bonds. The molecule has 1 heterocycles. The Morgan fingerprint density at radius 2 is 1.78 bits per heavy atom. The molecule has 0 aromatic heterocycles. The van der Waals surface area contributed by atoms with Crippen molar-refractivity contribution in [1.82, 2.24) is 4.90 Å². The van der Waals surface area contributed by atoms with Gasteiger partial charge in [0.05, 0.1) is 20.1 Å². The topological polar surface area (TPSA) is 93.1 Å². The molecule has 0 unspecified atom stereocenters. The summed E-state index contributed by atoms with van der Waals surface area (Å²) in [5, 5.41) is 9.85. The van der Waals surface area contributed by atoms with Gasteiger partial charge in [-0.15, -0.1) is 0 Å². The number of carbonyl (C=O) groups excluding carboxylic acids is 3. The average Bonchev–Trinajstić information content (AvgIpc) is 2.59. The number of aromatic hydroxyl groups is 1. The Morgan fingerprint density at radius 1 is 1.13 bits per heavy atom. The molecule has 1 aromatic carbocycles. The monoisotopic (exact) mass is 321 g/mol. The van der Waals surface area contributed by atoms with Crippen LogP contribution in [0, 0.1) is 5.92 Å². The zero-order chi connectivity index (χ0) is 17.0. The molecule has 0 aliphatic carbocycles. The lowest BCUT2D eigenvalue weighted by Gasteiger charge is -2.30. The highest BCUT2D eigenvalue weighted by Gasteiger charge is 2.28.